The van der Waals surface area contributed by atoms with Crippen LogP contribution in [-0.2, 0) is 14.6 Å². The summed E-state index contributed by atoms with van der Waals surface area (Å²) in [5.74, 6) is 0.515. The number of rotatable bonds is 5. The van der Waals surface area contributed by atoms with E-state index in [1.807, 2.05) is 12.1 Å². The number of sulfone groups is 1. The first-order valence-corrected chi connectivity index (χ1v) is 10.8. The van der Waals surface area contributed by atoms with E-state index in [1.54, 1.807) is 19.1 Å². The molecule has 0 radical (unpaired) electrons. The van der Waals surface area contributed by atoms with E-state index in [0.717, 1.165) is 5.56 Å². The molecule has 1 saturated heterocycles. The van der Waals surface area contributed by atoms with Gasteiger partial charge < -0.3 is 5.32 Å². The third-order valence-corrected chi connectivity index (χ3v) is 6.79. The molecule has 0 bridgehead atoms. The quantitative estimate of drug-likeness (QED) is 0.743. The van der Waals surface area contributed by atoms with Crippen LogP contribution in [0.2, 0.25) is 5.02 Å². The van der Waals surface area contributed by atoms with E-state index in [0.29, 0.717) is 22.4 Å². The number of hydrogen-bond acceptors (Lipinski definition) is 6. The normalized spacial score (nSPS) is 20.3. The van der Waals surface area contributed by atoms with Gasteiger partial charge in [0.2, 0.25) is 11.1 Å². The molecule has 0 aliphatic carbocycles. The maximum atomic E-state index is 12.2. The topological polar surface area (TPSA) is 105 Å². The zero-order valence-corrected chi connectivity index (χ0v) is 15.8. The molecule has 1 aromatic carbocycles. The number of nitrogens with one attached hydrogen (secondary N) is 2. The number of carbonyl (C=O) groups excluding carboxylic acids is 1. The van der Waals surface area contributed by atoms with Crippen molar-refractivity contribution in [1.82, 2.24) is 20.5 Å². The predicted octanol–water partition coefficient (Wildman–Crippen LogP) is 1.91. The fourth-order valence-corrected chi connectivity index (χ4v) is 5.01. The minimum atomic E-state index is -3.02. The predicted molar refractivity (Wildman–Crippen MR) is 97.3 cm³/mol. The van der Waals surface area contributed by atoms with Gasteiger partial charge in [-0.2, -0.15) is 0 Å². The fourth-order valence-electron chi connectivity index (χ4n) is 2.47. The number of H-pyrrole nitrogens is 1. The molecule has 2 heterocycles. The van der Waals surface area contributed by atoms with E-state index in [9.17, 15) is 13.2 Å². The van der Waals surface area contributed by atoms with Gasteiger partial charge in [0, 0.05) is 16.6 Å². The Balaban J connectivity index is 1.58. The maximum absolute atomic E-state index is 12.2. The van der Waals surface area contributed by atoms with Crippen LogP contribution < -0.4 is 5.32 Å². The molecule has 1 fully saturated rings. The molecule has 2 N–H and O–H groups in total. The molecule has 10 heteroatoms. The third-order valence-electron chi connectivity index (χ3n) is 3.81. The minimum absolute atomic E-state index is 0.0114. The van der Waals surface area contributed by atoms with Gasteiger partial charge >= 0.3 is 0 Å². The number of hydrogen-bond donors (Lipinski definition) is 2. The summed E-state index contributed by atoms with van der Waals surface area (Å²) in [6.45, 7) is 1.74. The maximum Gasteiger partial charge on any atom is 0.233 e. The molecule has 3 rings (SSSR count). The summed E-state index contributed by atoms with van der Waals surface area (Å²) in [5, 5.41) is 10.4. The molecule has 2 unspecified atom stereocenters. The molecular weight excluding hydrogens is 384 g/mol. The van der Waals surface area contributed by atoms with Crippen LogP contribution in [0.3, 0.4) is 0 Å². The van der Waals surface area contributed by atoms with Crippen molar-refractivity contribution in [2.45, 2.75) is 29.8 Å². The summed E-state index contributed by atoms with van der Waals surface area (Å²) in [6.07, 6.45) is 0.465. The average molecular weight is 401 g/mol. The first kappa shape index (κ1) is 18.2. The molecule has 134 valence electrons. The number of aromatic nitrogens is 3. The molecule has 25 heavy (non-hydrogen) atoms. The molecule has 2 aromatic rings. The summed E-state index contributed by atoms with van der Waals surface area (Å²) >= 11 is 7.08. The highest BCUT2D eigenvalue weighted by Crippen LogP contribution is 2.24. The Morgan fingerprint density at radius 2 is 2.12 bits per heavy atom. The van der Waals surface area contributed by atoms with Gasteiger partial charge in [0.25, 0.3) is 0 Å². The molecule has 1 aromatic heterocycles. The number of aromatic amines is 1. The van der Waals surface area contributed by atoms with Gasteiger partial charge in [-0.25, -0.2) is 13.4 Å². The smallest absolute Gasteiger partial charge is 0.233 e. The van der Waals surface area contributed by atoms with E-state index in [1.165, 1.54) is 11.8 Å². The Hall–Kier alpha value is -1.58. The number of amides is 1. The fraction of sp³-hybridized carbons (Fsp3) is 0.400. The highest BCUT2D eigenvalue weighted by atomic mass is 35.5. The van der Waals surface area contributed by atoms with E-state index in [-0.39, 0.29) is 23.5 Å². The first-order chi connectivity index (χ1) is 11.8. The Morgan fingerprint density at radius 3 is 2.76 bits per heavy atom. The van der Waals surface area contributed by atoms with Crippen LogP contribution >= 0.6 is 23.4 Å². The lowest BCUT2D eigenvalue weighted by atomic mass is 10.2. The Labute approximate surface area is 154 Å². The van der Waals surface area contributed by atoms with Crippen molar-refractivity contribution in [3.05, 3.63) is 29.3 Å². The number of carbonyl (C=O) groups is 1. The Kier molecular flexibility index (Phi) is 5.35. The highest BCUT2D eigenvalue weighted by molar-refractivity contribution is 8.00. The minimum Gasteiger partial charge on any atom is -0.351 e. The number of benzene rings is 1. The summed E-state index contributed by atoms with van der Waals surface area (Å²) in [4.78, 5) is 16.6. The van der Waals surface area contributed by atoms with Crippen molar-refractivity contribution in [2.75, 3.05) is 11.5 Å². The van der Waals surface area contributed by atoms with E-state index < -0.39 is 15.1 Å². The van der Waals surface area contributed by atoms with E-state index in [4.69, 9.17) is 11.6 Å². The second-order valence-corrected chi connectivity index (χ2v) is 9.82. The molecule has 0 spiro atoms. The van der Waals surface area contributed by atoms with Crippen LogP contribution in [-0.4, -0.2) is 52.3 Å². The lowest BCUT2D eigenvalue weighted by molar-refractivity contribution is -0.120. The van der Waals surface area contributed by atoms with E-state index >= 15 is 0 Å². The van der Waals surface area contributed by atoms with Crippen molar-refractivity contribution in [3.63, 3.8) is 0 Å². The molecule has 1 aliphatic heterocycles. The first-order valence-electron chi connectivity index (χ1n) is 7.68. The number of halogens is 1. The van der Waals surface area contributed by atoms with Gasteiger partial charge in [0.1, 0.15) is 0 Å². The largest absolute Gasteiger partial charge is 0.351 e. The number of nitrogens with zero attached hydrogens (tertiary/aromatic N) is 2. The van der Waals surface area contributed by atoms with Crippen LogP contribution in [0.25, 0.3) is 11.4 Å². The Morgan fingerprint density at radius 1 is 1.40 bits per heavy atom. The molecule has 2 atom stereocenters. The van der Waals surface area contributed by atoms with Gasteiger partial charge in [0.05, 0.1) is 16.8 Å². The lowest BCUT2D eigenvalue weighted by Crippen LogP contribution is -2.39. The zero-order valence-electron chi connectivity index (χ0n) is 13.4. The molecule has 1 aliphatic rings. The van der Waals surface area contributed by atoms with Gasteiger partial charge in [-0.3, -0.25) is 9.89 Å². The van der Waals surface area contributed by atoms with Gasteiger partial charge in [0.15, 0.2) is 15.7 Å². The van der Waals surface area contributed by atoms with E-state index in [2.05, 4.69) is 20.5 Å². The summed E-state index contributed by atoms with van der Waals surface area (Å²) in [5.41, 5.74) is 0.844. The van der Waals surface area contributed by atoms with Crippen molar-refractivity contribution < 1.29 is 13.2 Å². The standard InChI is InChI=1S/C15H17ClN4O3S2/c1-9(14(21)17-12-6-7-25(22,23)8-12)24-15-18-13(19-20-15)10-2-4-11(16)5-3-10/h2-5,9,12H,6-8H2,1H3,(H,17,21)(H,18,19,20). The number of thioether (sulfide) groups is 1. The van der Waals surface area contributed by atoms with Crippen LogP contribution in [0, 0.1) is 0 Å². The van der Waals surface area contributed by atoms with Crippen LogP contribution in [0.4, 0.5) is 0 Å². The monoisotopic (exact) mass is 400 g/mol. The average Bonchev–Trinajstić information content (AvgIpc) is 3.14. The van der Waals surface area contributed by atoms with Crippen molar-refractivity contribution in [1.29, 1.82) is 0 Å². The highest BCUT2D eigenvalue weighted by Gasteiger charge is 2.30. The zero-order chi connectivity index (χ0) is 18.0. The summed E-state index contributed by atoms with van der Waals surface area (Å²) < 4.78 is 22.9. The SMILES string of the molecule is CC(Sc1n[nH]c(-c2ccc(Cl)cc2)n1)C(=O)NC1CCS(=O)(=O)C1. The summed E-state index contributed by atoms with van der Waals surface area (Å²) in [7, 11) is -3.02. The second kappa shape index (κ2) is 7.35. The van der Waals surface area contributed by atoms with Crippen molar-refractivity contribution >= 4 is 39.1 Å². The van der Waals surface area contributed by atoms with Crippen LogP contribution in [0.1, 0.15) is 13.3 Å². The third kappa shape index (κ3) is 4.74. The molecular formula is C15H17ClN4O3S2. The van der Waals surface area contributed by atoms with Gasteiger partial charge in [-0.05, 0) is 37.6 Å². The Bertz CT molecular complexity index is 867. The van der Waals surface area contributed by atoms with Crippen molar-refractivity contribution in [2.24, 2.45) is 0 Å². The molecule has 0 saturated carbocycles. The molecule has 7 nitrogen and oxygen atoms in total. The van der Waals surface area contributed by atoms with Crippen molar-refractivity contribution in [3.8, 4) is 11.4 Å². The van der Waals surface area contributed by atoms with Crippen LogP contribution in [0.15, 0.2) is 29.4 Å². The second-order valence-electron chi connectivity index (χ2n) is 5.84. The van der Waals surface area contributed by atoms with Gasteiger partial charge in [-0.1, -0.05) is 23.4 Å². The van der Waals surface area contributed by atoms with Crippen LogP contribution in [0.5, 0.6) is 0 Å². The van der Waals surface area contributed by atoms with Gasteiger partial charge in [-0.15, -0.1) is 5.10 Å². The molecule has 1 amide bonds. The lowest BCUT2D eigenvalue weighted by Gasteiger charge is -2.14. The summed E-state index contributed by atoms with van der Waals surface area (Å²) in [6, 6.07) is 6.87.